The van der Waals surface area contributed by atoms with E-state index in [4.69, 9.17) is 0 Å². The summed E-state index contributed by atoms with van der Waals surface area (Å²) in [6, 6.07) is 17.6. The van der Waals surface area contributed by atoms with E-state index in [9.17, 15) is 0 Å². The first kappa shape index (κ1) is 10.6. The standard InChI is InChI=1S/C15H8N3S/c1-2-4-12-10(3-1)7-8-16-15(12)11-5-6-14-13(9-11)17-18-19-14/h1-8H. The topological polar surface area (TPSA) is 38.7 Å². The number of rotatable bonds is 1. The first-order valence-corrected chi connectivity index (χ1v) is 6.68. The summed E-state index contributed by atoms with van der Waals surface area (Å²) in [6.07, 6.45) is 1.83. The summed E-state index contributed by atoms with van der Waals surface area (Å²) in [4.78, 5) is 4.49. The molecule has 0 amide bonds. The molecule has 2 aromatic heterocycles. The number of pyridine rings is 1. The van der Waals surface area contributed by atoms with Gasteiger partial charge in [0.05, 0.1) is 10.4 Å². The molecule has 89 valence electrons. The SMILES string of the molecule is [c]1c(-c2nccc3ccccc23)ccc2snnc12. The molecule has 4 aromatic rings. The van der Waals surface area contributed by atoms with Crippen LogP contribution in [0.15, 0.2) is 48.7 Å². The number of hydrogen-bond donors (Lipinski definition) is 0. The fraction of sp³-hybridized carbons (Fsp3) is 0. The van der Waals surface area contributed by atoms with Crippen LogP contribution in [0, 0.1) is 6.07 Å². The van der Waals surface area contributed by atoms with Gasteiger partial charge in [-0.05, 0) is 29.1 Å². The van der Waals surface area contributed by atoms with Gasteiger partial charge in [0, 0.05) is 23.2 Å². The first-order chi connectivity index (χ1) is 9.42. The van der Waals surface area contributed by atoms with Crippen LogP contribution in [0.2, 0.25) is 0 Å². The average molecular weight is 262 g/mol. The van der Waals surface area contributed by atoms with Crippen molar-refractivity contribution in [2.45, 2.75) is 0 Å². The first-order valence-electron chi connectivity index (χ1n) is 5.90. The second kappa shape index (κ2) is 4.10. The summed E-state index contributed by atoms with van der Waals surface area (Å²) in [6.45, 7) is 0. The molecule has 0 unspecified atom stereocenters. The van der Waals surface area contributed by atoms with Gasteiger partial charge in [-0.1, -0.05) is 34.8 Å². The van der Waals surface area contributed by atoms with E-state index in [0.29, 0.717) is 0 Å². The maximum absolute atomic E-state index is 4.49. The molecule has 0 aliphatic rings. The summed E-state index contributed by atoms with van der Waals surface area (Å²) >= 11 is 1.38. The van der Waals surface area contributed by atoms with E-state index in [1.54, 1.807) is 0 Å². The quantitative estimate of drug-likeness (QED) is 0.525. The predicted octanol–water partition coefficient (Wildman–Crippen LogP) is 3.71. The van der Waals surface area contributed by atoms with Crippen molar-refractivity contribution in [2.24, 2.45) is 0 Å². The molecule has 4 heteroatoms. The van der Waals surface area contributed by atoms with E-state index < -0.39 is 0 Å². The Hall–Kier alpha value is -2.33. The van der Waals surface area contributed by atoms with Gasteiger partial charge in [-0.15, -0.1) is 5.10 Å². The molecule has 0 fully saturated rings. The van der Waals surface area contributed by atoms with Crippen molar-refractivity contribution in [1.29, 1.82) is 0 Å². The third kappa shape index (κ3) is 1.69. The fourth-order valence-corrected chi connectivity index (χ4v) is 2.71. The highest BCUT2D eigenvalue weighted by molar-refractivity contribution is 7.12. The van der Waals surface area contributed by atoms with Crippen LogP contribution in [0.1, 0.15) is 0 Å². The summed E-state index contributed by atoms with van der Waals surface area (Å²) < 4.78 is 4.98. The highest BCUT2D eigenvalue weighted by Gasteiger charge is 2.07. The Morgan fingerprint density at radius 1 is 1.00 bits per heavy atom. The van der Waals surface area contributed by atoms with Gasteiger partial charge in [0.2, 0.25) is 0 Å². The van der Waals surface area contributed by atoms with Crippen LogP contribution < -0.4 is 0 Å². The molecule has 0 N–H and O–H groups in total. The molecule has 0 saturated heterocycles. The van der Waals surface area contributed by atoms with Gasteiger partial charge in [0.15, 0.2) is 0 Å². The van der Waals surface area contributed by atoms with E-state index >= 15 is 0 Å². The molecule has 2 aromatic carbocycles. The second-order valence-corrected chi connectivity index (χ2v) is 5.02. The minimum atomic E-state index is 0.803. The minimum absolute atomic E-state index is 0.803. The molecular weight excluding hydrogens is 254 g/mol. The van der Waals surface area contributed by atoms with E-state index in [-0.39, 0.29) is 0 Å². The lowest BCUT2D eigenvalue weighted by atomic mass is 10.0. The summed E-state index contributed by atoms with van der Waals surface area (Å²) in [5, 5.41) is 6.38. The number of hydrogen-bond acceptors (Lipinski definition) is 4. The third-order valence-corrected chi connectivity index (χ3v) is 3.79. The van der Waals surface area contributed by atoms with Crippen LogP contribution in [0.4, 0.5) is 0 Å². The Labute approximate surface area is 113 Å². The number of fused-ring (bicyclic) bond motifs is 2. The lowest BCUT2D eigenvalue weighted by molar-refractivity contribution is 1.20. The molecule has 0 spiro atoms. The van der Waals surface area contributed by atoms with Gasteiger partial charge in [0.25, 0.3) is 0 Å². The Bertz CT molecular complexity index is 877. The molecule has 19 heavy (non-hydrogen) atoms. The van der Waals surface area contributed by atoms with Gasteiger partial charge in [-0.2, -0.15) is 0 Å². The lowest BCUT2D eigenvalue weighted by Crippen LogP contribution is -1.86. The van der Waals surface area contributed by atoms with Crippen LogP contribution in [0.25, 0.3) is 32.2 Å². The van der Waals surface area contributed by atoms with Crippen LogP contribution in [0.3, 0.4) is 0 Å². The van der Waals surface area contributed by atoms with Crippen molar-refractivity contribution in [3.63, 3.8) is 0 Å². The third-order valence-electron chi connectivity index (χ3n) is 3.10. The monoisotopic (exact) mass is 262 g/mol. The zero-order chi connectivity index (χ0) is 12.7. The number of nitrogens with zero attached hydrogens (tertiary/aromatic N) is 3. The van der Waals surface area contributed by atoms with Crippen molar-refractivity contribution >= 4 is 32.5 Å². The van der Waals surface area contributed by atoms with Crippen molar-refractivity contribution < 1.29 is 0 Å². The second-order valence-electron chi connectivity index (χ2n) is 4.24. The zero-order valence-corrected chi connectivity index (χ0v) is 10.7. The van der Waals surface area contributed by atoms with Crippen molar-refractivity contribution in [3.05, 3.63) is 54.7 Å². The number of benzene rings is 2. The summed E-state index contributed by atoms with van der Waals surface area (Å²) in [5.41, 5.74) is 2.70. The molecule has 4 rings (SSSR count). The van der Waals surface area contributed by atoms with Gasteiger partial charge in [-0.25, -0.2) is 0 Å². The zero-order valence-electron chi connectivity index (χ0n) is 9.87. The highest BCUT2D eigenvalue weighted by Crippen LogP contribution is 2.28. The molecule has 2 heterocycles. The molecule has 3 nitrogen and oxygen atoms in total. The van der Waals surface area contributed by atoms with E-state index in [1.165, 1.54) is 16.9 Å². The normalized spacial score (nSPS) is 11.2. The highest BCUT2D eigenvalue weighted by atomic mass is 32.1. The van der Waals surface area contributed by atoms with Gasteiger partial charge >= 0.3 is 0 Å². The Morgan fingerprint density at radius 3 is 2.95 bits per heavy atom. The molecule has 1 radical (unpaired) electrons. The van der Waals surface area contributed by atoms with E-state index in [1.807, 2.05) is 36.5 Å². The van der Waals surface area contributed by atoms with E-state index in [2.05, 4.69) is 32.8 Å². The van der Waals surface area contributed by atoms with Crippen molar-refractivity contribution in [1.82, 2.24) is 14.6 Å². The van der Waals surface area contributed by atoms with Gasteiger partial charge in [-0.3, -0.25) is 4.98 Å². The van der Waals surface area contributed by atoms with Crippen molar-refractivity contribution in [3.8, 4) is 11.3 Å². The maximum atomic E-state index is 4.49. The van der Waals surface area contributed by atoms with Crippen LogP contribution in [-0.4, -0.2) is 14.6 Å². The van der Waals surface area contributed by atoms with E-state index in [0.717, 1.165) is 26.9 Å². The molecule has 0 bridgehead atoms. The molecular formula is C15H8N3S. The molecule has 0 aliphatic heterocycles. The van der Waals surface area contributed by atoms with Crippen molar-refractivity contribution in [2.75, 3.05) is 0 Å². The van der Waals surface area contributed by atoms with Gasteiger partial charge < -0.3 is 0 Å². The Balaban J connectivity index is 2.03. The van der Waals surface area contributed by atoms with Crippen LogP contribution >= 0.6 is 11.5 Å². The Morgan fingerprint density at radius 2 is 1.95 bits per heavy atom. The predicted molar refractivity (Wildman–Crippen MR) is 77.0 cm³/mol. The molecule has 0 atom stereocenters. The largest absolute Gasteiger partial charge is 0.256 e. The minimum Gasteiger partial charge on any atom is -0.256 e. The lowest BCUT2D eigenvalue weighted by Gasteiger charge is -2.04. The van der Waals surface area contributed by atoms with Gasteiger partial charge in [0.1, 0.15) is 5.52 Å². The Kier molecular flexibility index (Phi) is 2.28. The molecule has 0 aliphatic carbocycles. The molecule has 0 saturated carbocycles. The smallest absolute Gasteiger partial charge is 0.114 e. The number of aromatic nitrogens is 3. The average Bonchev–Trinajstić information content (AvgIpc) is 2.94. The van der Waals surface area contributed by atoms with Crippen LogP contribution in [-0.2, 0) is 0 Å². The summed E-state index contributed by atoms with van der Waals surface area (Å²) in [5.74, 6) is 0. The fourth-order valence-electron chi connectivity index (χ4n) is 2.19. The summed E-state index contributed by atoms with van der Waals surface area (Å²) in [7, 11) is 0. The van der Waals surface area contributed by atoms with Crippen LogP contribution in [0.5, 0.6) is 0 Å². The maximum Gasteiger partial charge on any atom is 0.114 e.